The van der Waals surface area contributed by atoms with Crippen molar-refractivity contribution < 1.29 is 83.9 Å². The van der Waals surface area contributed by atoms with Gasteiger partial charge in [0.25, 0.3) is 0 Å². The number of carboxylic acids is 8. The third kappa shape index (κ3) is 30.6. The van der Waals surface area contributed by atoms with Gasteiger partial charge in [0.15, 0.2) is 0 Å². The molecule has 0 amide bonds. The second kappa shape index (κ2) is 25.5. The van der Waals surface area contributed by atoms with Gasteiger partial charge in [0.05, 0.1) is 65.2 Å². The zero-order valence-corrected chi connectivity index (χ0v) is 24.8. The molecule has 21 heteroatoms. The average Bonchev–Trinajstić information content (AvgIpc) is 2.89. The molecule has 0 unspecified atom stereocenters. The fourth-order valence-corrected chi connectivity index (χ4v) is 3.44. The summed E-state index contributed by atoms with van der Waals surface area (Å²) in [7, 11) is 0. The Morgan fingerprint density at radius 2 is 0.652 bits per heavy atom. The van der Waals surface area contributed by atoms with Crippen molar-refractivity contribution in [3.63, 3.8) is 0 Å². The highest BCUT2D eigenvalue weighted by atomic mass is 16.5. The summed E-state index contributed by atoms with van der Waals surface area (Å²) in [6.45, 7) is -3.59. The quantitative estimate of drug-likeness (QED) is 0.0576. The molecule has 0 aliphatic carbocycles. The van der Waals surface area contributed by atoms with Gasteiger partial charge < -0.3 is 45.6 Å². The number of nitrogens with zero attached hydrogens (tertiary/aromatic N) is 4. The molecule has 1 aliphatic heterocycles. The molecule has 262 valence electrons. The number of rotatable bonds is 22. The van der Waals surface area contributed by atoms with Gasteiger partial charge in [0.2, 0.25) is 0 Å². The Hall–Kier alpha value is -4.86. The van der Waals surface area contributed by atoms with Crippen LogP contribution in [-0.2, 0) is 43.1 Å². The average molecular weight is 669 g/mol. The van der Waals surface area contributed by atoms with Crippen LogP contribution < -0.4 is 0 Å². The molecule has 0 radical (unpaired) electrons. The summed E-state index contributed by atoms with van der Waals surface area (Å²) in [6.07, 6.45) is 6.20. The van der Waals surface area contributed by atoms with Crippen molar-refractivity contribution >= 4 is 47.8 Å². The van der Waals surface area contributed by atoms with Crippen molar-refractivity contribution in [2.75, 3.05) is 85.1 Å². The highest BCUT2D eigenvalue weighted by Gasteiger charge is 2.19. The van der Waals surface area contributed by atoms with Crippen molar-refractivity contribution in [2.45, 2.75) is 12.8 Å². The molecular weight excluding hydrogens is 628 g/mol. The van der Waals surface area contributed by atoms with Crippen LogP contribution in [0.3, 0.4) is 0 Å². The molecule has 1 rings (SSSR count). The van der Waals surface area contributed by atoms with Crippen LogP contribution in [0.5, 0.6) is 0 Å². The molecule has 0 aromatic carbocycles. The molecule has 1 aliphatic rings. The number of carboxylic acid groups (broad SMARTS) is 8. The van der Waals surface area contributed by atoms with E-state index in [2.05, 4.69) is 0 Å². The topological polar surface area (TPSA) is 321 Å². The highest BCUT2D eigenvalue weighted by Crippen LogP contribution is 1.98. The number of hydrogen-bond donors (Lipinski definition) is 8. The smallest absolute Gasteiger partial charge is 0.317 e. The second-order valence-electron chi connectivity index (χ2n) is 9.38. The van der Waals surface area contributed by atoms with E-state index in [1.807, 2.05) is 6.08 Å². The zero-order valence-electron chi connectivity index (χ0n) is 24.8. The molecule has 0 spiro atoms. The standard InChI is InChI=1S/2C10H16N2O8.C5H8O/c2*13-7(14)3-11(4-8(15)16)1-2-12(5-9(17)18)6-10(19)20;1-2-4-6-5-3-1/h2*1-6H2,(H,13,14)(H,15,16)(H,17,18)(H,19,20);2,4H,1,3,5H2. The fourth-order valence-electron chi connectivity index (χ4n) is 3.44. The van der Waals surface area contributed by atoms with Gasteiger partial charge in [-0.25, -0.2) is 0 Å². The number of ether oxygens (including phenoxy) is 1. The Labute approximate surface area is 262 Å². The molecule has 8 N–H and O–H groups in total. The lowest BCUT2D eigenvalue weighted by atomic mass is 10.3. The molecule has 0 bridgehead atoms. The van der Waals surface area contributed by atoms with Gasteiger partial charge in [-0.2, -0.15) is 0 Å². The maximum absolute atomic E-state index is 10.6. The Morgan fingerprint density at radius 1 is 0.435 bits per heavy atom. The van der Waals surface area contributed by atoms with Crippen LogP contribution in [-0.4, -0.2) is 193 Å². The van der Waals surface area contributed by atoms with E-state index in [4.69, 9.17) is 45.6 Å². The van der Waals surface area contributed by atoms with E-state index in [1.54, 1.807) is 6.26 Å². The maximum atomic E-state index is 10.6. The molecule has 0 saturated heterocycles. The van der Waals surface area contributed by atoms with E-state index in [0.29, 0.717) is 0 Å². The summed E-state index contributed by atoms with van der Waals surface area (Å²) in [5, 5.41) is 68.9. The third-order valence-electron chi connectivity index (χ3n) is 5.16. The van der Waals surface area contributed by atoms with E-state index < -0.39 is 100 Å². The minimum absolute atomic E-state index is 0.0703. The van der Waals surface area contributed by atoms with Crippen molar-refractivity contribution in [2.24, 2.45) is 0 Å². The van der Waals surface area contributed by atoms with Gasteiger partial charge >= 0.3 is 47.8 Å². The molecule has 0 aromatic rings. The minimum Gasteiger partial charge on any atom is -0.502 e. The van der Waals surface area contributed by atoms with Crippen molar-refractivity contribution in [3.8, 4) is 0 Å². The summed E-state index contributed by atoms with van der Waals surface area (Å²) >= 11 is 0. The molecule has 0 atom stereocenters. The second-order valence-corrected chi connectivity index (χ2v) is 9.38. The van der Waals surface area contributed by atoms with Crippen LogP contribution in [0.1, 0.15) is 12.8 Å². The van der Waals surface area contributed by atoms with E-state index in [0.717, 1.165) is 26.2 Å². The largest absolute Gasteiger partial charge is 0.502 e. The van der Waals surface area contributed by atoms with Crippen LogP contribution in [0.25, 0.3) is 0 Å². The Kier molecular flexibility index (Phi) is 24.0. The maximum Gasteiger partial charge on any atom is 0.317 e. The first-order valence-electron chi connectivity index (χ1n) is 13.3. The van der Waals surface area contributed by atoms with Gasteiger partial charge in [0, 0.05) is 26.2 Å². The predicted molar refractivity (Wildman–Crippen MR) is 151 cm³/mol. The zero-order chi connectivity index (χ0) is 35.7. The molecule has 46 heavy (non-hydrogen) atoms. The number of carbonyl (C=O) groups is 8. The molecule has 0 fully saturated rings. The fraction of sp³-hybridized carbons (Fsp3) is 0.600. The van der Waals surface area contributed by atoms with Gasteiger partial charge in [-0.15, -0.1) is 0 Å². The first kappa shape index (κ1) is 43.3. The van der Waals surface area contributed by atoms with E-state index in [1.165, 1.54) is 12.8 Å². The molecule has 1 heterocycles. The van der Waals surface area contributed by atoms with E-state index >= 15 is 0 Å². The third-order valence-corrected chi connectivity index (χ3v) is 5.16. The lowest BCUT2D eigenvalue weighted by molar-refractivity contribution is -0.145. The van der Waals surface area contributed by atoms with Crippen LogP contribution in [0.15, 0.2) is 12.3 Å². The monoisotopic (exact) mass is 668 g/mol. The first-order valence-corrected chi connectivity index (χ1v) is 13.3. The van der Waals surface area contributed by atoms with E-state index in [-0.39, 0.29) is 26.2 Å². The number of hydrogen-bond acceptors (Lipinski definition) is 13. The van der Waals surface area contributed by atoms with Gasteiger partial charge in [-0.1, -0.05) is 0 Å². The summed E-state index contributed by atoms with van der Waals surface area (Å²) < 4.78 is 4.89. The summed E-state index contributed by atoms with van der Waals surface area (Å²) in [5.41, 5.74) is 0. The minimum atomic E-state index is -1.23. The predicted octanol–water partition coefficient (Wildman–Crippen LogP) is -2.83. The summed E-state index contributed by atoms with van der Waals surface area (Å²) in [6, 6.07) is 0. The van der Waals surface area contributed by atoms with Crippen LogP contribution in [0, 0.1) is 0 Å². The van der Waals surface area contributed by atoms with Crippen molar-refractivity contribution in [3.05, 3.63) is 12.3 Å². The van der Waals surface area contributed by atoms with Gasteiger partial charge in [0.1, 0.15) is 0 Å². The summed E-state index contributed by atoms with van der Waals surface area (Å²) in [4.78, 5) is 88.7. The van der Waals surface area contributed by atoms with Crippen molar-refractivity contribution in [1.29, 1.82) is 0 Å². The molecule has 0 aromatic heterocycles. The van der Waals surface area contributed by atoms with E-state index in [9.17, 15) is 38.4 Å². The number of allylic oxidation sites excluding steroid dienone is 1. The van der Waals surface area contributed by atoms with Crippen molar-refractivity contribution in [1.82, 2.24) is 19.6 Å². The Morgan fingerprint density at radius 3 is 0.739 bits per heavy atom. The normalized spacial score (nSPS) is 11.9. The van der Waals surface area contributed by atoms with Gasteiger partial charge in [-0.3, -0.25) is 58.0 Å². The first-order chi connectivity index (χ1) is 21.4. The highest BCUT2D eigenvalue weighted by molar-refractivity contribution is 5.74. The Balaban J connectivity index is 0. The SMILES string of the molecule is C1=COCCC1.O=C(O)CN(CCN(CC(=O)O)CC(=O)O)CC(=O)O.O=C(O)CN(CCN(CC(=O)O)CC(=O)O)CC(=O)O. The summed E-state index contributed by atoms with van der Waals surface area (Å²) in [5.74, 6) is -9.82. The van der Waals surface area contributed by atoms with Crippen LogP contribution in [0.2, 0.25) is 0 Å². The van der Waals surface area contributed by atoms with Crippen LogP contribution >= 0.6 is 0 Å². The Bertz CT molecular complexity index is 836. The lowest BCUT2D eigenvalue weighted by Gasteiger charge is -2.23. The molecule has 0 saturated carbocycles. The lowest BCUT2D eigenvalue weighted by Crippen LogP contribution is -2.43. The molecular formula is C25H40N4O17. The molecule has 21 nitrogen and oxygen atoms in total. The van der Waals surface area contributed by atoms with Crippen LogP contribution in [0.4, 0.5) is 0 Å². The van der Waals surface area contributed by atoms with Gasteiger partial charge in [-0.05, 0) is 18.9 Å². The number of aliphatic carboxylic acids is 8.